The summed E-state index contributed by atoms with van der Waals surface area (Å²) >= 11 is 0. The zero-order valence-electron chi connectivity index (χ0n) is 19.4. The van der Waals surface area contributed by atoms with Crippen LogP contribution in [0.1, 0.15) is 34.0 Å². The first-order chi connectivity index (χ1) is 17.0. The second-order valence-electron chi connectivity index (χ2n) is 7.64. The summed E-state index contributed by atoms with van der Waals surface area (Å²) in [5.74, 6) is -6.74. The van der Waals surface area contributed by atoms with Gasteiger partial charge in [-0.05, 0) is 54.8 Å². The fourth-order valence-electron chi connectivity index (χ4n) is 3.23. The van der Waals surface area contributed by atoms with Crippen molar-refractivity contribution in [3.63, 3.8) is 0 Å². The Morgan fingerprint density at radius 1 is 1.03 bits per heavy atom. The fraction of sp³-hybridized carbons (Fsp3) is 0.217. The molecule has 0 aliphatic carbocycles. The van der Waals surface area contributed by atoms with Crippen LogP contribution in [0.15, 0.2) is 36.5 Å². The van der Waals surface area contributed by atoms with Crippen LogP contribution in [0, 0.1) is 30.2 Å². The molecule has 3 N–H and O–H groups in total. The molecular weight excluding hydrogens is 504 g/mol. The average Bonchev–Trinajstić information content (AvgIpc) is 2.82. The van der Waals surface area contributed by atoms with E-state index in [0.29, 0.717) is 5.56 Å². The maximum atomic E-state index is 15.2. The number of anilines is 3. The van der Waals surface area contributed by atoms with Gasteiger partial charge < -0.3 is 5.32 Å². The Balaban J connectivity index is 2.08. The molecule has 1 aromatic heterocycles. The highest BCUT2D eigenvalue weighted by Crippen LogP contribution is 2.32. The monoisotopic (exact) mass is 526 g/mol. The lowest BCUT2D eigenvalue weighted by Gasteiger charge is -2.17. The number of hydrogen-bond acceptors (Lipinski definition) is 6. The third kappa shape index (κ3) is 5.91. The van der Waals surface area contributed by atoms with Gasteiger partial charge in [0.1, 0.15) is 5.82 Å². The highest BCUT2D eigenvalue weighted by molar-refractivity contribution is 7.92. The number of hydroxylamine groups is 1. The number of aryl methyl sites for hydroxylation is 1. The lowest BCUT2D eigenvalue weighted by Crippen LogP contribution is -2.24. The van der Waals surface area contributed by atoms with E-state index in [9.17, 15) is 22.0 Å². The second-order valence-corrected chi connectivity index (χ2v) is 9.66. The van der Waals surface area contributed by atoms with Crippen molar-refractivity contribution in [2.45, 2.75) is 20.3 Å². The van der Waals surface area contributed by atoms with E-state index in [0.717, 1.165) is 31.5 Å². The summed E-state index contributed by atoms with van der Waals surface area (Å²) in [7, 11) is -2.74. The lowest BCUT2D eigenvalue weighted by molar-refractivity contribution is 0.0538. The van der Waals surface area contributed by atoms with Gasteiger partial charge in [-0.2, -0.15) is 0 Å². The molecule has 0 fully saturated rings. The minimum atomic E-state index is -3.86. The van der Waals surface area contributed by atoms with Crippen LogP contribution < -0.4 is 15.5 Å². The molecule has 0 saturated carbocycles. The first-order valence-electron chi connectivity index (χ1n) is 10.5. The van der Waals surface area contributed by atoms with Crippen molar-refractivity contribution >= 4 is 33.1 Å². The van der Waals surface area contributed by atoms with Crippen molar-refractivity contribution in [2.75, 3.05) is 22.9 Å². The van der Waals surface area contributed by atoms with E-state index >= 15 is 8.78 Å². The molecular formula is C23H22F4N4O4S. The normalized spacial score (nSPS) is 11.3. The zero-order chi connectivity index (χ0) is 26.6. The highest BCUT2D eigenvalue weighted by atomic mass is 32.2. The van der Waals surface area contributed by atoms with Crippen LogP contribution in [-0.2, 0) is 21.3 Å². The number of benzene rings is 2. The van der Waals surface area contributed by atoms with Gasteiger partial charge in [-0.3, -0.25) is 14.4 Å². The number of rotatable bonds is 9. The van der Waals surface area contributed by atoms with Crippen molar-refractivity contribution in [3.8, 4) is 0 Å². The van der Waals surface area contributed by atoms with E-state index in [1.165, 1.54) is 19.1 Å². The Morgan fingerprint density at radius 3 is 2.39 bits per heavy atom. The van der Waals surface area contributed by atoms with Crippen molar-refractivity contribution in [3.05, 3.63) is 82.1 Å². The maximum Gasteiger partial charge on any atom is 0.277 e. The minimum absolute atomic E-state index is 0.217. The molecule has 0 spiro atoms. The van der Waals surface area contributed by atoms with Crippen molar-refractivity contribution in [1.82, 2.24) is 10.5 Å². The molecule has 0 radical (unpaired) electrons. The number of pyridine rings is 1. The molecule has 0 bridgehead atoms. The number of nitrogens with one attached hydrogen (secondary N) is 3. The van der Waals surface area contributed by atoms with Gasteiger partial charge in [-0.15, -0.1) is 0 Å². The number of carbonyl (C=O) groups excluding carboxylic acids is 1. The number of amides is 1. The first-order valence-corrected chi connectivity index (χ1v) is 12.1. The van der Waals surface area contributed by atoms with Crippen molar-refractivity contribution in [2.24, 2.45) is 0 Å². The third-order valence-corrected chi connectivity index (χ3v) is 6.35. The van der Waals surface area contributed by atoms with Gasteiger partial charge in [0, 0.05) is 12.6 Å². The van der Waals surface area contributed by atoms with Crippen LogP contribution in [0.25, 0.3) is 0 Å². The van der Waals surface area contributed by atoms with Crippen LogP contribution in [0.5, 0.6) is 0 Å². The van der Waals surface area contributed by atoms with Crippen LogP contribution in [0.3, 0.4) is 0 Å². The van der Waals surface area contributed by atoms with Crippen molar-refractivity contribution in [1.29, 1.82) is 0 Å². The molecule has 2 aromatic carbocycles. The third-order valence-electron chi connectivity index (χ3n) is 5.09. The number of carbonyl (C=O) groups is 1. The van der Waals surface area contributed by atoms with Gasteiger partial charge in [0.05, 0.1) is 29.8 Å². The molecule has 0 aliphatic heterocycles. The second kappa shape index (κ2) is 10.9. The van der Waals surface area contributed by atoms with Gasteiger partial charge in [0.15, 0.2) is 23.3 Å². The number of halogens is 4. The smallest absolute Gasteiger partial charge is 0.277 e. The van der Waals surface area contributed by atoms with E-state index in [4.69, 9.17) is 0 Å². The highest BCUT2D eigenvalue weighted by Gasteiger charge is 2.25. The standard InChI is InChI=1S/C23H22F4N4O4S/c1-4-36(33,34)31-22-19(26)13(7-8-28-22)10-14-11-15(23(32)30-35-3)21(20(27)18(14)25)29-17-6-5-12(2)9-16(17)24/h5-9,11,29H,4,10H2,1-3H3,(H,28,31)(H,30,32). The molecule has 0 saturated heterocycles. The fourth-order valence-corrected chi connectivity index (χ4v) is 3.81. The van der Waals surface area contributed by atoms with Crippen LogP contribution in [-0.4, -0.2) is 32.2 Å². The number of sulfonamides is 1. The molecule has 192 valence electrons. The minimum Gasteiger partial charge on any atom is -0.350 e. The Bertz CT molecular complexity index is 1420. The predicted octanol–water partition coefficient (Wildman–Crippen LogP) is 4.33. The van der Waals surface area contributed by atoms with E-state index < -0.39 is 68.3 Å². The van der Waals surface area contributed by atoms with E-state index in [1.807, 2.05) is 10.2 Å². The maximum absolute atomic E-state index is 15.2. The Hall–Kier alpha value is -3.71. The molecule has 0 aliphatic rings. The topological polar surface area (TPSA) is 109 Å². The summed E-state index contributed by atoms with van der Waals surface area (Å²) in [5.41, 5.74) is 0.572. The predicted molar refractivity (Wildman–Crippen MR) is 125 cm³/mol. The number of hydrogen-bond donors (Lipinski definition) is 3. The molecule has 13 heteroatoms. The summed E-state index contributed by atoms with van der Waals surface area (Å²) in [5, 5.41) is 2.39. The number of aromatic nitrogens is 1. The van der Waals surface area contributed by atoms with Crippen LogP contribution >= 0.6 is 0 Å². The first kappa shape index (κ1) is 26.9. The summed E-state index contributed by atoms with van der Waals surface area (Å²) in [6.07, 6.45) is 0.527. The van der Waals surface area contributed by atoms with Gasteiger partial charge in [0.25, 0.3) is 5.91 Å². The summed E-state index contributed by atoms with van der Waals surface area (Å²) in [6.45, 7) is 2.98. The average molecular weight is 527 g/mol. The molecule has 3 rings (SSSR count). The van der Waals surface area contributed by atoms with E-state index in [2.05, 4.69) is 15.1 Å². The Kier molecular flexibility index (Phi) is 8.15. The summed E-state index contributed by atoms with van der Waals surface area (Å²) < 4.78 is 85.1. The van der Waals surface area contributed by atoms with E-state index in [-0.39, 0.29) is 17.0 Å². The van der Waals surface area contributed by atoms with Crippen molar-refractivity contribution < 1.29 is 35.6 Å². The lowest BCUT2D eigenvalue weighted by atomic mass is 9.99. The van der Waals surface area contributed by atoms with Gasteiger partial charge in [-0.1, -0.05) is 6.07 Å². The molecule has 8 nitrogen and oxygen atoms in total. The Morgan fingerprint density at radius 2 is 1.75 bits per heavy atom. The molecule has 36 heavy (non-hydrogen) atoms. The zero-order valence-corrected chi connectivity index (χ0v) is 20.2. The van der Waals surface area contributed by atoms with E-state index in [1.54, 1.807) is 6.92 Å². The SMILES string of the molecule is CCS(=O)(=O)Nc1nccc(Cc2cc(C(=O)NOC)c(Nc3ccc(C)cc3F)c(F)c2F)c1F. The quantitative estimate of drug-likeness (QED) is 0.283. The molecule has 1 amide bonds. The number of nitrogens with zero attached hydrogens (tertiary/aromatic N) is 1. The van der Waals surface area contributed by atoms with Crippen LogP contribution in [0.2, 0.25) is 0 Å². The molecule has 3 aromatic rings. The van der Waals surface area contributed by atoms with Gasteiger partial charge in [-0.25, -0.2) is 36.4 Å². The summed E-state index contributed by atoms with van der Waals surface area (Å²) in [6, 6.07) is 6.09. The van der Waals surface area contributed by atoms with Gasteiger partial charge in [0.2, 0.25) is 10.0 Å². The molecule has 0 atom stereocenters. The molecule has 0 unspecified atom stereocenters. The Labute approximate surface area is 204 Å². The largest absolute Gasteiger partial charge is 0.350 e. The van der Waals surface area contributed by atoms with Crippen LogP contribution in [0.4, 0.5) is 34.8 Å². The molecule has 1 heterocycles. The van der Waals surface area contributed by atoms with Gasteiger partial charge >= 0.3 is 0 Å². The summed E-state index contributed by atoms with van der Waals surface area (Å²) in [4.78, 5) is 20.8.